The van der Waals surface area contributed by atoms with Crippen LogP contribution in [0.5, 0.6) is 11.5 Å². The number of hydrogen-bond donors (Lipinski definition) is 2. The van der Waals surface area contributed by atoms with Crippen LogP contribution in [-0.2, 0) is 17.8 Å². The summed E-state index contributed by atoms with van der Waals surface area (Å²) in [5, 5.41) is 3.71. The van der Waals surface area contributed by atoms with E-state index in [1.165, 1.54) is 12.0 Å². The fourth-order valence-corrected chi connectivity index (χ4v) is 3.46. The van der Waals surface area contributed by atoms with E-state index in [9.17, 15) is 4.79 Å². The molecule has 0 aliphatic carbocycles. The highest BCUT2D eigenvalue weighted by Gasteiger charge is 2.13. The first-order chi connectivity index (χ1) is 11.5. The first kappa shape index (κ1) is 18.9. The predicted molar refractivity (Wildman–Crippen MR) is 97.4 cm³/mol. The van der Waals surface area contributed by atoms with Gasteiger partial charge in [-0.05, 0) is 36.2 Å². The zero-order valence-corrected chi connectivity index (χ0v) is 15.4. The molecule has 2 rings (SSSR count). The molecular weight excluding hydrogens is 371 g/mol. The largest absolute Gasteiger partial charge is 0.493 e. The van der Waals surface area contributed by atoms with Gasteiger partial charge < -0.3 is 20.5 Å². The Kier molecular flexibility index (Phi) is 7.17. The highest BCUT2D eigenvalue weighted by molar-refractivity contribution is 7.16. The zero-order valence-electron chi connectivity index (χ0n) is 13.1. The van der Waals surface area contributed by atoms with Crippen molar-refractivity contribution >= 4 is 40.4 Å². The summed E-state index contributed by atoms with van der Waals surface area (Å²) in [5.74, 6) is 0.202. The number of carbonyl (C=O) groups excluding carboxylic acids is 1. The lowest BCUT2D eigenvalue weighted by atomic mass is 10.2. The van der Waals surface area contributed by atoms with E-state index in [0.717, 1.165) is 22.9 Å². The number of carbonyl (C=O) groups is 1. The van der Waals surface area contributed by atoms with E-state index in [1.54, 1.807) is 17.4 Å². The molecule has 2 aromatic rings. The second kappa shape index (κ2) is 9.13. The fourth-order valence-electron chi connectivity index (χ4n) is 2.09. The van der Waals surface area contributed by atoms with E-state index >= 15 is 0 Å². The molecule has 0 saturated carbocycles. The molecule has 0 aliphatic rings. The molecule has 0 unspecified atom stereocenters. The number of nitrogens with two attached hydrogens (primary N) is 1. The van der Waals surface area contributed by atoms with Gasteiger partial charge in [0.1, 0.15) is 0 Å². The molecule has 3 N–H and O–H groups in total. The van der Waals surface area contributed by atoms with E-state index in [4.69, 9.17) is 38.4 Å². The van der Waals surface area contributed by atoms with Crippen molar-refractivity contribution < 1.29 is 14.3 Å². The minimum Gasteiger partial charge on any atom is -0.493 e. The van der Waals surface area contributed by atoms with Crippen LogP contribution in [0.15, 0.2) is 24.3 Å². The van der Waals surface area contributed by atoms with Crippen LogP contribution in [0.3, 0.4) is 0 Å². The Morgan fingerprint density at radius 1 is 1.33 bits per heavy atom. The number of benzene rings is 1. The SMILES string of the molecule is COc1cc(CNCCc2ccc(Cl)s2)cc(Cl)c1OCC(N)=O. The summed E-state index contributed by atoms with van der Waals surface area (Å²) in [5.41, 5.74) is 6.03. The summed E-state index contributed by atoms with van der Waals surface area (Å²) >= 11 is 13.7. The minimum absolute atomic E-state index is 0.253. The summed E-state index contributed by atoms with van der Waals surface area (Å²) in [4.78, 5) is 12.1. The van der Waals surface area contributed by atoms with Crippen molar-refractivity contribution in [2.45, 2.75) is 13.0 Å². The van der Waals surface area contributed by atoms with Crippen LogP contribution in [0.4, 0.5) is 0 Å². The average molecular weight is 389 g/mol. The van der Waals surface area contributed by atoms with Crippen molar-refractivity contribution in [3.63, 3.8) is 0 Å². The standard InChI is InChI=1S/C16H18Cl2N2O3S/c1-22-13-7-10(6-12(17)16(13)23-9-15(19)21)8-20-5-4-11-2-3-14(18)24-11/h2-3,6-7,20H,4-5,8-9H2,1H3,(H2,19,21). The zero-order chi connectivity index (χ0) is 17.5. The minimum atomic E-state index is -0.576. The van der Waals surface area contributed by atoms with Gasteiger partial charge in [-0.2, -0.15) is 0 Å². The fraction of sp³-hybridized carbons (Fsp3) is 0.312. The van der Waals surface area contributed by atoms with Gasteiger partial charge in [0.2, 0.25) is 0 Å². The molecule has 1 heterocycles. The van der Waals surface area contributed by atoms with Gasteiger partial charge >= 0.3 is 0 Å². The monoisotopic (exact) mass is 388 g/mol. The predicted octanol–water partition coefficient (Wildman–Crippen LogP) is 3.26. The molecule has 1 aromatic heterocycles. The van der Waals surface area contributed by atoms with E-state index in [-0.39, 0.29) is 6.61 Å². The number of ether oxygens (including phenoxy) is 2. The van der Waals surface area contributed by atoms with Crippen LogP contribution >= 0.6 is 34.5 Å². The normalized spacial score (nSPS) is 10.6. The Balaban J connectivity index is 1.92. The van der Waals surface area contributed by atoms with Gasteiger partial charge in [-0.15, -0.1) is 11.3 Å². The molecule has 5 nitrogen and oxygen atoms in total. The van der Waals surface area contributed by atoms with Crippen molar-refractivity contribution in [3.05, 3.63) is 44.1 Å². The highest BCUT2D eigenvalue weighted by atomic mass is 35.5. The summed E-state index contributed by atoms with van der Waals surface area (Å²) in [6, 6.07) is 7.52. The van der Waals surface area contributed by atoms with Crippen LogP contribution in [0.1, 0.15) is 10.4 Å². The Bertz CT molecular complexity index is 707. The lowest BCUT2D eigenvalue weighted by molar-refractivity contribution is -0.119. The molecule has 0 atom stereocenters. The third kappa shape index (κ3) is 5.56. The van der Waals surface area contributed by atoms with E-state index in [1.807, 2.05) is 18.2 Å². The number of hydrogen-bond acceptors (Lipinski definition) is 5. The maximum Gasteiger partial charge on any atom is 0.255 e. The second-order valence-corrected chi connectivity index (χ2v) is 7.20. The molecule has 0 spiro atoms. The molecule has 0 radical (unpaired) electrons. The van der Waals surface area contributed by atoms with Crippen molar-refractivity contribution in [2.24, 2.45) is 5.73 Å². The lowest BCUT2D eigenvalue weighted by Crippen LogP contribution is -2.20. The van der Waals surface area contributed by atoms with Crippen molar-refractivity contribution in [3.8, 4) is 11.5 Å². The Labute approximate surface area is 154 Å². The number of thiophene rings is 1. The smallest absolute Gasteiger partial charge is 0.255 e. The van der Waals surface area contributed by atoms with Crippen LogP contribution in [0.2, 0.25) is 9.36 Å². The van der Waals surface area contributed by atoms with E-state index in [0.29, 0.717) is 23.1 Å². The van der Waals surface area contributed by atoms with Gasteiger partial charge in [-0.1, -0.05) is 23.2 Å². The molecule has 1 aromatic carbocycles. The third-order valence-electron chi connectivity index (χ3n) is 3.15. The van der Waals surface area contributed by atoms with E-state index < -0.39 is 5.91 Å². The van der Waals surface area contributed by atoms with Crippen LogP contribution in [0.25, 0.3) is 0 Å². The van der Waals surface area contributed by atoms with E-state index in [2.05, 4.69) is 5.32 Å². The second-order valence-electron chi connectivity index (χ2n) is 5.00. The Morgan fingerprint density at radius 2 is 2.12 bits per heavy atom. The van der Waals surface area contributed by atoms with Gasteiger partial charge in [-0.3, -0.25) is 4.79 Å². The maximum atomic E-state index is 10.8. The number of rotatable bonds is 9. The van der Waals surface area contributed by atoms with Gasteiger partial charge in [-0.25, -0.2) is 0 Å². The summed E-state index contributed by atoms with van der Waals surface area (Å²) in [7, 11) is 1.51. The maximum absolute atomic E-state index is 10.8. The first-order valence-corrected chi connectivity index (χ1v) is 8.79. The van der Waals surface area contributed by atoms with Gasteiger partial charge in [0.05, 0.1) is 16.5 Å². The summed E-state index contributed by atoms with van der Waals surface area (Å²) in [6.45, 7) is 1.19. The topological polar surface area (TPSA) is 73.6 Å². The van der Waals surface area contributed by atoms with Crippen molar-refractivity contribution in [2.75, 3.05) is 20.3 Å². The molecule has 0 aliphatic heterocycles. The average Bonchev–Trinajstić information content (AvgIpc) is 2.95. The Morgan fingerprint density at radius 3 is 2.75 bits per heavy atom. The number of halogens is 2. The molecule has 24 heavy (non-hydrogen) atoms. The number of methoxy groups -OCH3 is 1. The Hall–Kier alpha value is -1.47. The summed E-state index contributed by atoms with van der Waals surface area (Å²) < 4.78 is 11.4. The van der Waals surface area contributed by atoms with Crippen molar-refractivity contribution in [1.82, 2.24) is 5.32 Å². The molecule has 0 saturated heterocycles. The molecular formula is C16H18Cl2N2O3S. The van der Waals surface area contributed by atoms with Gasteiger partial charge in [0, 0.05) is 18.0 Å². The highest BCUT2D eigenvalue weighted by Crippen LogP contribution is 2.36. The lowest BCUT2D eigenvalue weighted by Gasteiger charge is -2.13. The molecule has 130 valence electrons. The number of nitrogens with one attached hydrogen (secondary N) is 1. The van der Waals surface area contributed by atoms with Crippen LogP contribution in [0, 0.1) is 0 Å². The number of primary amides is 1. The molecule has 0 bridgehead atoms. The quantitative estimate of drug-likeness (QED) is 0.646. The van der Waals surface area contributed by atoms with Crippen molar-refractivity contribution in [1.29, 1.82) is 0 Å². The van der Waals surface area contributed by atoms with Gasteiger partial charge in [0.15, 0.2) is 18.1 Å². The van der Waals surface area contributed by atoms with Crippen LogP contribution < -0.4 is 20.5 Å². The first-order valence-electron chi connectivity index (χ1n) is 7.22. The van der Waals surface area contributed by atoms with Crippen LogP contribution in [-0.4, -0.2) is 26.2 Å². The third-order valence-corrected chi connectivity index (χ3v) is 4.73. The number of amides is 1. The molecule has 0 fully saturated rings. The molecule has 8 heteroatoms. The molecule has 1 amide bonds. The van der Waals surface area contributed by atoms with Gasteiger partial charge in [0.25, 0.3) is 5.91 Å². The summed E-state index contributed by atoms with van der Waals surface area (Å²) in [6.07, 6.45) is 0.905.